The Labute approximate surface area is 147 Å². The number of hydrogen-bond acceptors (Lipinski definition) is 3. The molecule has 0 bridgehead atoms. The van der Waals surface area contributed by atoms with Crippen molar-refractivity contribution in [2.24, 2.45) is 0 Å². The molecule has 5 nitrogen and oxygen atoms in total. The first kappa shape index (κ1) is 15.8. The lowest BCUT2D eigenvalue weighted by atomic mass is 10.2. The molecule has 4 rings (SSSR count). The van der Waals surface area contributed by atoms with Crippen LogP contribution in [0, 0.1) is 13.8 Å². The molecule has 2 aromatic heterocycles. The van der Waals surface area contributed by atoms with Crippen LogP contribution in [-0.2, 0) is 13.0 Å². The molecule has 5 heteroatoms. The van der Waals surface area contributed by atoms with E-state index in [4.69, 9.17) is 0 Å². The summed E-state index contributed by atoms with van der Waals surface area (Å²) in [5.74, 6) is 2.06. The molecule has 0 aliphatic carbocycles. The molecule has 0 saturated heterocycles. The van der Waals surface area contributed by atoms with E-state index in [0.717, 1.165) is 59.1 Å². The summed E-state index contributed by atoms with van der Waals surface area (Å²) in [6.45, 7) is 4.99. The van der Waals surface area contributed by atoms with Crippen LogP contribution >= 0.6 is 0 Å². The van der Waals surface area contributed by atoms with E-state index in [-0.39, 0.29) is 0 Å². The van der Waals surface area contributed by atoms with E-state index in [1.165, 1.54) is 19.3 Å². The minimum absolute atomic E-state index is 0.740. The third-order valence-corrected chi connectivity index (χ3v) is 5.09. The van der Waals surface area contributed by atoms with Gasteiger partial charge in [0, 0.05) is 41.2 Å². The maximum Gasteiger partial charge on any atom is 0.163 e. The summed E-state index contributed by atoms with van der Waals surface area (Å²) in [7, 11) is 0. The van der Waals surface area contributed by atoms with Crippen molar-refractivity contribution in [2.45, 2.75) is 46.1 Å². The fourth-order valence-corrected chi connectivity index (χ4v) is 3.76. The van der Waals surface area contributed by atoms with E-state index in [9.17, 15) is 4.79 Å². The monoisotopic (exact) mass is 334 g/mol. The van der Waals surface area contributed by atoms with Crippen LogP contribution in [0.2, 0.25) is 0 Å². The van der Waals surface area contributed by atoms with Crippen LogP contribution in [0.4, 0.5) is 0 Å². The molecule has 0 spiro atoms. The average Bonchev–Trinajstić information content (AvgIpc) is 3.06. The largest absolute Gasteiger partial charge is 0.318 e. The second kappa shape index (κ2) is 6.31. The molecule has 3 aromatic rings. The number of fused-ring (bicyclic) bond motifs is 1. The Bertz CT molecular complexity index is 918. The molecule has 25 heavy (non-hydrogen) atoms. The molecule has 1 aliphatic rings. The molecule has 0 atom stereocenters. The number of aldehydes is 1. The molecular formula is C20H22N4O. The van der Waals surface area contributed by atoms with Crippen molar-refractivity contribution in [1.29, 1.82) is 0 Å². The Kier molecular flexibility index (Phi) is 3.99. The SMILES string of the molecule is Cc1cc(C=O)c(C)n1-c1ccc(-c2nnc3n2CCCCC3)cc1. The molecule has 1 aromatic carbocycles. The van der Waals surface area contributed by atoms with Crippen molar-refractivity contribution in [2.75, 3.05) is 0 Å². The fourth-order valence-electron chi connectivity index (χ4n) is 3.76. The summed E-state index contributed by atoms with van der Waals surface area (Å²) in [6.07, 6.45) is 5.57. The van der Waals surface area contributed by atoms with Crippen molar-refractivity contribution < 1.29 is 4.79 Å². The summed E-state index contributed by atoms with van der Waals surface area (Å²) >= 11 is 0. The third-order valence-electron chi connectivity index (χ3n) is 5.09. The van der Waals surface area contributed by atoms with Gasteiger partial charge in [-0.1, -0.05) is 6.42 Å². The van der Waals surface area contributed by atoms with E-state index in [2.05, 4.69) is 43.6 Å². The Morgan fingerprint density at radius 1 is 1.04 bits per heavy atom. The highest BCUT2D eigenvalue weighted by Gasteiger charge is 2.16. The molecule has 0 N–H and O–H groups in total. The molecule has 3 heterocycles. The van der Waals surface area contributed by atoms with Crippen molar-refractivity contribution in [3.05, 3.63) is 53.1 Å². The lowest BCUT2D eigenvalue weighted by Crippen LogP contribution is -2.03. The summed E-state index contributed by atoms with van der Waals surface area (Å²) in [5.41, 5.74) is 4.91. The Hall–Kier alpha value is -2.69. The molecule has 0 radical (unpaired) electrons. The predicted molar refractivity (Wildman–Crippen MR) is 97.2 cm³/mol. The van der Waals surface area contributed by atoms with Gasteiger partial charge in [0.15, 0.2) is 12.1 Å². The van der Waals surface area contributed by atoms with Gasteiger partial charge in [0.1, 0.15) is 5.82 Å². The first-order valence-electron chi connectivity index (χ1n) is 8.86. The molecule has 0 fully saturated rings. The van der Waals surface area contributed by atoms with Gasteiger partial charge in [-0.15, -0.1) is 10.2 Å². The summed E-state index contributed by atoms with van der Waals surface area (Å²) in [4.78, 5) is 11.2. The van der Waals surface area contributed by atoms with Crippen LogP contribution in [0.3, 0.4) is 0 Å². The normalized spacial score (nSPS) is 14.2. The van der Waals surface area contributed by atoms with Crippen LogP contribution in [0.15, 0.2) is 30.3 Å². The smallest absolute Gasteiger partial charge is 0.163 e. The molecule has 0 amide bonds. The molecule has 1 aliphatic heterocycles. The maximum absolute atomic E-state index is 11.2. The van der Waals surface area contributed by atoms with Crippen molar-refractivity contribution >= 4 is 6.29 Å². The quantitative estimate of drug-likeness (QED) is 0.683. The molecular weight excluding hydrogens is 312 g/mol. The zero-order valence-electron chi connectivity index (χ0n) is 14.7. The van der Waals surface area contributed by atoms with Crippen molar-refractivity contribution in [3.63, 3.8) is 0 Å². The highest BCUT2D eigenvalue weighted by atomic mass is 16.1. The summed E-state index contributed by atoms with van der Waals surface area (Å²) < 4.78 is 4.37. The van der Waals surface area contributed by atoms with E-state index in [1.54, 1.807) is 0 Å². The Morgan fingerprint density at radius 2 is 1.84 bits per heavy atom. The van der Waals surface area contributed by atoms with Gasteiger partial charge >= 0.3 is 0 Å². The number of nitrogens with zero attached hydrogens (tertiary/aromatic N) is 4. The van der Waals surface area contributed by atoms with Crippen molar-refractivity contribution in [1.82, 2.24) is 19.3 Å². The van der Waals surface area contributed by atoms with E-state index in [0.29, 0.717) is 0 Å². The number of aryl methyl sites for hydroxylation is 2. The molecule has 128 valence electrons. The van der Waals surface area contributed by atoms with Gasteiger partial charge in [0.05, 0.1) is 0 Å². The fraction of sp³-hybridized carbons (Fsp3) is 0.350. The zero-order chi connectivity index (χ0) is 17.4. The van der Waals surface area contributed by atoms with Crippen LogP contribution in [0.5, 0.6) is 0 Å². The molecule has 0 saturated carbocycles. The first-order chi connectivity index (χ1) is 12.2. The van der Waals surface area contributed by atoms with Crippen LogP contribution in [0.1, 0.15) is 46.8 Å². The average molecular weight is 334 g/mol. The van der Waals surface area contributed by atoms with Gasteiger partial charge in [-0.3, -0.25) is 4.79 Å². The highest BCUT2D eigenvalue weighted by Crippen LogP contribution is 2.25. The van der Waals surface area contributed by atoms with Gasteiger partial charge in [0.25, 0.3) is 0 Å². The zero-order valence-corrected chi connectivity index (χ0v) is 14.7. The van der Waals surface area contributed by atoms with Gasteiger partial charge in [-0.25, -0.2) is 0 Å². The second-order valence-corrected chi connectivity index (χ2v) is 6.73. The Morgan fingerprint density at radius 3 is 2.56 bits per heavy atom. The van der Waals surface area contributed by atoms with Crippen molar-refractivity contribution in [3.8, 4) is 17.1 Å². The van der Waals surface area contributed by atoms with Gasteiger partial charge in [0.2, 0.25) is 0 Å². The van der Waals surface area contributed by atoms with E-state index >= 15 is 0 Å². The lowest BCUT2D eigenvalue weighted by molar-refractivity contribution is 0.112. The standard InChI is InChI=1S/C20H22N4O/c1-14-12-17(13-25)15(2)24(14)18-9-7-16(8-10-18)20-22-21-19-6-4-3-5-11-23(19)20/h7-10,12-13H,3-6,11H2,1-2H3. The van der Waals surface area contributed by atoms with E-state index < -0.39 is 0 Å². The topological polar surface area (TPSA) is 52.7 Å². The first-order valence-corrected chi connectivity index (χ1v) is 8.86. The number of rotatable bonds is 3. The van der Waals surface area contributed by atoms with Crippen LogP contribution < -0.4 is 0 Å². The lowest BCUT2D eigenvalue weighted by Gasteiger charge is -2.11. The predicted octanol–water partition coefficient (Wildman–Crippen LogP) is 3.89. The minimum Gasteiger partial charge on any atom is -0.318 e. The molecule has 0 unspecified atom stereocenters. The number of benzene rings is 1. The van der Waals surface area contributed by atoms with E-state index in [1.807, 2.05) is 19.9 Å². The number of carbonyl (C=O) groups excluding carboxylic acids is 1. The number of carbonyl (C=O) groups is 1. The summed E-state index contributed by atoms with van der Waals surface area (Å²) in [6, 6.07) is 10.3. The number of hydrogen-bond donors (Lipinski definition) is 0. The van der Waals surface area contributed by atoms with Gasteiger partial charge < -0.3 is 9.13 Å². The minimum atomic E-state index is 0.740. The second-order valence-electron chi connectivity index (χ2n) is 6.73. The van der Waals surface area contributed by atoms with Crippen LogP contribution in [-0.4, -0.2) is 25.6 Å². The Balaban J connectivity index is 1.71. The maximum atomic E-state index is 11.2. The van der Waals surface area contributed by atoms with Crippen LogP contribution in [0.25, 0.3) is 17.1 Å². The summed E-state index contributed by atoms with van der Waals surface area (Å²) in [5, 5.41) is 8.81. The van der Waals surface area contributed by atoms with Gasteiger partial charge in [-0.05, 0) is 57.0 Å². The van der Waals surface area contributed by atoms with Gasteiger partial charge in [-0.2, -0.15) is 0 Å². The highest BCUT2D eigenvalue weighted by molar-refractivity contribution is 5.77. The number of aromatic nitrogens is 4. The third kappa shape index (κ3) is 2.69.